The fourth-order valence-corrected chi connectivity index (χ4v) is 2.40. The lowest BCUT2D eigenvalue weighted by Gasteiger charge is -2.07. The molecule has 0 aliphatic rings. The Morgan fingerprint density at radius 2 is 2.19 bits per heavy atom. The highest BCUT2D eigenvalue weighted by atomic mass is 35.5. The number of hydrogen-bond donors (Lipinski definition) is 1. The Labute approximate surface area is 108 Å². The molecule has 0 radical (unpaired) electrons. The number of rotatable bonds is 3. The van der Waals surface area contributed by atoms with Crippen LogP contribution in [0.25, 0.3) is 0 Å². The molecule has 84 valence electrons. The number of nitrogens with one attached hydrogen (secondary N) is 1. The second kappa shape index (κ2) is 5.04. The summed E-state index contributed by atoms with van der Waals surface area (Å²) in [6.45, 7) is 2.67. The van der Waals surface area contributed by atoms with E-state index in [4.69, 9.17) is 23.2 Å². The molecule has 1 N–H and O–H groups in total. The monoisotopic (exact) mass is 272 g/mol. The molecular formula is C11H10Cl2N2S. The molecule has 0 aliphatic carbocycles. The fourth-order valence-electron chi connectivity index (χ4n) is 1.32. The highest BCUT2D eigenvalue weighted by molar-refractivity contribution is 7.15. The number of nitrogens with zero attached hydrogens (tertiary/aromatic N) is 1. The molecule has 0 saturated heterocycles. The molecule has 1 aromatic carbocycles. The van der Waals surface area contributed by atoms with Crippen LogP contribution in [0.5, 0.6) is 0 Å². The van der Waals surface area contributed by atoms with Crippen molar-refractivity contribution in [2.75, 3.05) is 5.32 Å². The van der Waals surface area contributed by atoms with Crippen LogP contribution in [0, 0.1) is 6.92 Å². The Balaban J connectivity index is 2.07. The van der Waals surface area contributed by atoms with E-state index in [2.05, 4.69) is 10.3 Å². The molecule has 0 atom stereocenters. The molecule has 0 fully saturated rings. The Morgan fingerprint density at radius 1 is 1.38 bits per heavy atom. The van der Waals surface area contributed by atoms with Gasteiger partial charge in [-0.15, -0.1) is 11.3 Å². The second-order valence-corrected chi connectivity index (χ2v) is 5.55. The summed E-state index contributed by atoms with van der Waals surface area (Å²) in [5, 5.41) is 4.90. The van der Waals surface area contributed by atoms with Crippen molar-refractivity contribution >= 4 is 40.2 Å². The van der Waals surface area contributed by atoms with Gasteiger partial charge in [0.15, 0.2) is 0 Å². The number of halogens is 2. The number of hydrogen-bond acceptors (Lipinski definition) is 3. The second-order valence-electron chi connectivity index (χ2n) is 3.39. The highest BCUT2D eigenvalue weighted by Gasteiger charge is 2.02. The molecule has 16 heavy (non-hydrogen) atoms. The van der Waals surface area contributed by atoms with E-state index in [1.54, 1.807) is 6.20 Å². The molecule has 1 heterocycles. The Hall–Kier alpha value is -0.770. The highest BCUT2D eigenvalue weighted by Crippen LogP contribution is 2.24. The van der Waals surface area contributed by atoms with Crippen molar-refractivity contribution in [3.8, 4) is 0 Å². The van der Waals surface area contributed by atoms with Crippen molar-refractivity contribution in [3.05, 3.63) is 44.3 Å². The van der Waals surface area contributed by atoms with Crippen molar-refractivity contribution in [1.29, 1.82) is 0 Å². The number of thiazole rings is 1. The zero-order chi connectivity index (χ0) is 11.5. The fraction of sp³-hybridized carbons (Fsp3) is 0.182. The van der Waals surface area contributed by atoms with Crippen LogP contribution in [0.15, 0.2) is 24.4 Å². The molecule has 0 unspecified atom stereocenters. The average molecular weight is 273 g/mol. The first-order chi connectivity index (χ1) is 7.65. The van der Waals surface area contributed by atoms with Gasteiger partial charge in [0, 0.05) is 0 Å². The van der Waals surface area contributed by atoms with Crippen molar-refractivity contribution in [2.24, 2.45) is 0 Å². The standard InChI is InChI=1S/C11H10Cl2N2S/c1-7-2-3-8(12)9(4-7)14-6-11-15-5-10(13)16-11/h2-5,14H,6H2,1H3. The van der Waals surface area contributed by atoms with Gasteiger partial charge in [0.2, 0.25) is 0 Å². The van der Waals surface area contributed by atoms with E-state index < -0.39 is 0 Å². The normalized spacial score (nSPS) is 10.4. The quantitative estimate of drug-likeness (QED) is 0.898. The summed E-state index contributed by atoms with van der Waals surface area (Å²) in [7, 11) is 0. The van der Waals surface area contributed by atoms with Gasteiger partial charge in [-0.2, -0.15) is 0 Å². The van der Waals surface area contributed by atoms with Crippen LogP contribution < -0.4 is 5.32 Å². The van der Waals surface area contributed by atoms with E-state index in [1.807, 2.05) is 25.1 Å². The maximum absolute atomic E-state index is 6.06. The number of benzene rings is 1. The molecule has 5 heteroatoms. The molecule has 0 amide bonds. The van der Waals surface area contributed by atoms with Crippen LogP contribution in [0.4, 0.5) is 5.69 Å². The van der Waals surface area contributed by atoms with Gasteiger partial charge in [-0.05, 0) is 24.6 Å². The molecule has 0 spiro atoms. The predicted octanol–water partition coefficient (Wildman–Crippen LogP) is 4.37. The summed E-state index contributed by atoms with van der Waals surface area (Å²) in [6, 6.07) is 5.87. The first kappa shape index (κ1) is 11.7. The zero-order valence-corrected chi connectivity index (χ0v) is 11.0. The van der Waals surface area contributed by atoms with Gasteiger partial charge in [0.1, 0.15) is 9.34 Å². The van der Waals surface area contributed by atoms with Crippen LogP contribution in [0.2, 0.25) is 9.36 Å². The topological polar surface area (TPSA) is 24.9 Å². The minimum atomic E-state index is 0.639. The van der Waals surface area contributed by atoms with E-state index in [9.17, 15) is 0 Å². The Kier molecular flexibility index (Phi) is 3.69. The first-order valence-electron chi connectivity index (χ1n) is 4.75. The minimum absolute atomic E-state index is 0.639. The molecule has 2 aromatic rings. The van der Waals surface area contributed by atoms with Crippen molar-refractivity contribution in [3.63, 3.8) is 0 Å². The van der Waals surface area contributed by atoms with Gasteiger partial charge in [0.05, 0.1) is 23.5 Å². The van der Waals surface area contributed by atoms with Crippen LogP contribution in [-0.2, 0) is 6.54 Å². The maximum atomic E-state index is 6.06. The number of anilines is 1. The van der Waals surface area contributed by atoms with E-state index in [0.717, 1.165) is 10.7 Å². The van der Waals surface area contributed by atoms with E-state index in [-0.39, 0.29) is 0 Å². The third-order valence-electron chi connectivity index (χ3n) is 2.08. The third-order valence-corrected chi connectivity index (χ3v) is 3.52. The van der Waals surface area contributed by atoms with Crippen LogP contribution >= 0.6 is 34.5 Å². The lowest BCUT2D eigenvalue weighted by Crippen LogP contribution is -1.99. The predicted molar refractivity (Wildman–Crippen MR) is 70.6 cm³/mol. The Morgan fingerprint density at radius 3 is 2.88 bits per heavy atom. The van der Waals surface area contributed by atoms with Crippen molar-refractivity contribution < 1.29 is 0 Å². The molecule has 0 bridgehead atoms. The lowest BCUT2D eigenvalue weighted by molar-refractivity contribution is 1.10. The SMILES string of the molecule is Cc1ccc(Cl)c(NCc2ncc(Cl)s2)c1. The summed E-state index contributed by atoms with van der Waals surface area (Å²) >= 11 is 13.3. The number of aryl methyl sites for hydroxylation is 1. The molecular weight excluding hydrogens is 263 g/mol. The minimum Gasteiger partial charge on any atom is -0.377 e. The lowest BCUT2D eigenvalue weighted by atomic mass is 10.2. The van der Waals surface area contributed by atoms with Crippen molar-refractivity contribution in [1.82, 2.24) is 4.98 Å². The third kappa shape index (κ3) is 2.88. The van der Waals surface area contributed by atoms with Crippen LogP contribution in [-0.4, -0.2) is 4.98 Å². The largest absolute Gasteiger partial charge is 0.377 e. The maximum Gasteiger partial charge on any atom is 0.113 e. The smallest absolute Gasteiger partial charge is 0.113 e. The average Bonchev–Trinajstić information content (AvgIpc) is 2.66. The van der Waals surface area contributed by atoms with E-state index in [1.165, 1.54) is 16.9 Å². The van der Waals surface area contributed by atoms with Gasteiger partial charge >= 0.3 is 0 Å². The summed E-state index contributed by atoms with van der Waals surface area (Å²) in [6.07, 6.45) is 1.65. The first-order valence-corrected chi connectivity index (χ1v) is 6.32. The molecule has 0 aliphatic heterocycles. The van der Waals surface area contributed by atoms with E-state index in [0.29, 0.717) is 15.9 Å². The van der Waals surface area contributed by atoms with Gasteiger partial charge in [-0.1, -0.05) is 29.3 Å². The van der Waals surface area contributed by atoms with Crippen molar-refractivity contribution in [2.45, 2.75) is 13.5 Å². The summed E-state index contributed by atoms with van der Waals surface area (Å²) in [5.74, 6) is 0. The van der Waals surface area contributed by atoms with Gasteiger partial charge in [0.25, 0.3) is 0 Å². The zero-order valence-electron chi connectivity index (χ0n) is 8.63. The Bertz CT molecular complexity index is 496. The molecule has 1 aromatic heterocycles. The summed E-state index contributed by atoms with van der Waals surface area (Å²) in [5.41, 5.74) is 2.09. The number of aromatic nitrogens is 1. The summed E-state index contributed by atoms with van der Waals surface area (Å²) in [4.78, 5) is 4.16. The van der Waals surface area contributed by atoms with Crippen LogP contribution in [0.3, 0.4) is 0 Å². The molecule has 2 rings (SSSR count). The van der Waals surface area contributed by atoms with Gasteiger partial charge in [-0.25, -0.2) is 4.98 Å². The van der Waals surface area contributed by atoms with E-state index >= 15 is 0 Å². The molecule has 0 saturated carbocycles. The summed E-state index contributed by atoms with van der Waals surface area (Å²) < 4.78 is 0.701. The van der Waals surface area contributed by atoms with Gasteiger partial charge in [-0.3, -0.25) is 0 Å². The van der Waals surface area contributed by atoms with Crippen LogP contribution in [0.1, 0.15) is 10.6 Å². The molecule has 2 nitrogen and oxygen atoms in total. The van der Waals surface area contributed by atoms with Gasteiger partial charge < -0.3 is 5.32 Å².